The lowest BCUT2D eigenvalue weighted by atomic mass is 10.1. The number of rotatable bonds is 2. The van der Waals surface area contributed by atoms with Crippen molar-refractivity contribution >= 4 is 10.8 Å². The van der Waals surface area contributed by atoms with Crippen LogP contribution >= 0.6 is 0 Å². The van der Waals surface area contributed by atoms with Crippen molar-refractivity contribution in [1.29, 1.82) is 0 Å². The molecule has 0 amide bonds. The van der Waals surface area contributed by atoms with Crippen molar-refractivity contribution in [2.75, 3.05) is 0 Å². The number of hydrogen-bond donors (Lipinski definition) is 1. The van der Waals surface area contributed by atoms with Gasteiger partial charge in [0.15, 0.2) is 11.5 Å². The van der Waals surface area contributed by atoms with Crippen LogP contribution in [0.25, 0.3) is 10.8 Å². The molecular weight excluding hydrogens is 240 g/mol. The van der Waals surface area contributed by atoms with E-state index in [0.29, 0.717) is 17.3 Å². The van der Waals surface area contributed by atoms with Gasteiger partial charge in [0.1, 0.15) is 0 Å². The van der Waals surface area contributed by atoms with Gasteiger partial charge in [-0.2, -0.15) is 0 Å². The molecule has 0 aliphatic rings. The number of fused-ring (bicyclic) bond motifs is 1. The van der Waals surface area contributed by atoms with E-state index in [4.69, 9.17) is 4.74 Å². The number of aromatic hydroxyl groups is 1. The molecule has 1 aromatic heterocycles. The van der Waals surface area contributed by atoms with Gasteiger partial charge in [0, 0.05) is 12.4 Å². The SMILES string of the molecule is Cc1nccnc1Oc1cc2ccccc2cc1O. The molecule has 0 fully saturated rings. The Balaban J connectivity index is 2.06. The number of phenols is 1. The first kappa shape index (κ1) is 11.5. The van der Waals surface area contributed by atoms with Crippen LogP contribution < -0.4 is 4.74 Å². The maximum atomic E-state index is 9.99. The van der Waals surface area contributed by atoms with Gasteiger partial charge in [-0.25, -0.2) is 4.98 Å². The Morgan fingerprint density at radius 2 is 1.68 bits per heavy atom. The van der Waals surface area contributed by atoms with E-state index in [1.807, 2.05) is 24.3 Å². The quantitative estimate of drug-likeness (QED) is 0.759. The first-order chi connectivity index (χ1) is 9.24. The van der Waals surface area contributed by atoms with Crippen LogP contribution in [0.2, 0.25) is 0 Å². The Bertz CT molecular complexity index is 741. The molecule has 0 unspecified atom stereocenters. The van der Waals surface area contributed by atoms with Crippen LogP contribution in [0.5, 0.6) is 17.4 Å². The summed E-state index contributed by atoms with van der Waals surface area (Å²) < 4.78 is 5.62. The molecule has 0 aliphatic heterocycles. The number of nitrogens with zero attached hydrogens (tertiary/aromatic N) is 2. The average Bonchev–Trinajstić information content (AvgIpc) is 2.42. The van der Waals surface area contributed by atoms with Crippen LogP contribution in [-0.4, -0.2) is 15.1 Å². The van der Waals surface area contributed by atoms with E-state index in [2.05, 4.69) is 9.97 Å². The van der Waals surface area contributed by atoms with Gasteiger partial charge >= 0.3 is 0 Å². The number of aromatic nitrogens is 2. The van der Waals surface area contributed by atoms with E-state index in [1.165, 1.54) is 0 Å². The third kappa shape index (κ3) is 2.20. The summed E-state index contributed by atoms with van der Waals surface area (Å²) in [6.07, 6.45) is 3.16. The Morgan fingerprint density at radius 3 is 2.42 bits per heavy atom. The van der Waals surface area contributed by atoms with Gasteiger partial charge in [-0.15, -0.1) is 0 Å². The van der Waals surface area contributed by atoms with Gasteiger partial charge in [-0.05, 0) is 29.8 Å². The predicted molar refractivity (Wildman–Crippen MR) is 72.5 cm³/mol. The van der Waals surface area contributed by atoms with Crippen LogP contribution in [0.3, 0.4) is 0 Å². The molecule has 19 heavy (non-hydrogen) atoms. The van der Waals surface area contributed by atoms with Crippen molar-refractivity contribution < 1.29 is 9.84 Å². The normalized spacial score (nSPS) is 10.6. The van der Waals surface area contributed by atoms with E-state index in [0.717, 1.165) is 10.8 Å². The molecule has 1 heterocycles. The van der Waals surface area contributed by atoms with Crippen LogP contribution in [0.15, 0.2) is 48.8 Å². The zero-order chi connectivity index (χ0) is 13.2. The monoisotopic (exact) mass is 252 g/mol. The molecule has 94 valence electrons. The summed E-state index contributed by atoms with van der Waals surface area (Å²) in [7, 11) is 0. The van der Waals surface area contributed by atoms with Crippen LogP contribution in [0, 0.1) is 6.92 Å². The predicted octanol–water partition coefficient (Wildman–Crippen LogP) is 3.44. The topological polar surface area (TPSA) is 55.2 Å². The van der Waals surface area contributed by atoms with Crippen molar-refractivity contribution in [2.24, 2.45) is 0 Å². The van der Waals surface area contributed by atoms with Crippen molar-refractivity contribution in [3.05, 3.63) is 54.5 Å². The summed E-state index contributed by atoms with van der Waals surface area (Å²) in [5, 5.41) is 11.9. The summed E-state index contributed by atoms with van der Waals surface area (Å²) in [5.41, 5.74) is 0.676. The molecule has 0 radical (unpaired) electrons. The summed E-state index contributed by atoms with van der Waals surface area (Å²) in [5.74, 6) is 0.860. The van der Waals surface area contributed by atoms with E-state index >= 15 is 0 Å². The molecule has 3 rings (SSSR count). The van der Waals surface area contributed by atoms with Gasteiger partial charge in [0.25, 0.3) is 0 Å². The van der Waals surface area contributed by atoms with E-state index in [1.54, 1.807) is 31.5 Å². The summed E-state index contributed by atoms with van der Waals surface area (Å²) >= 11 is 0. The highest BCUT2D eigenvalue weighted by molar-refractivity contribution is 5.86. The van der Waals surface area contributed by atoms with Crippen molar-refractivity contribution in [1.82, 2.24) is 9.97 Å². The van der Waals surface area contributed by atoms with Gasteiger partial charge < -0.3 is 9.84 Å². The van der Waals surface area contributed by atoms with Crippen LogP contribution in [0.4, 0.5) is 0 Å². The minimum Gasteiger partial charge on any atom is -0.504 e. The highest BCUT2D eigenvalue weighted by Gasteiger charge is 2.09. The van der Waals surface area contributed by atoms with E-state index in [-0.39, 0.29) is 5.75 Å². The zero-order valence-corrected chi connectivity index (χ0v) is 10.4. The Morgan fingerprint density at radius 1 is 1.00 bits per heavy atom. The average molecular weight is 252 g/mol. The highest BCUT2D eigenvalue weighted by Crippen LogP contribution is 2.34. The molecule has 2 aromatic carbocycles. The van der Waals surface area contributed by atoms with Crippen molar-refractivity contribution in [2.45, 2.75) is 6.92 Å². The third-order valence-electron chi connectivity index (χ3n) is 2.87. The number of phenolic OH excluding ortho intramolecular Hbond substituents is 1. The molecule has 1 N–H and O–H groups in total. The number of benzene rings is 2. The molecule has 4 nitrogen and oxygen atoms in total. The molecule has 0 atom stereocenters. The molecule has 0 spiro atoms. The maximum Gasteiger partial charge on any atom is 0.241 e. The Kier molecular flexibility index (Phi) is 2.76. The Labute approximate surface area is 110 Å². The van der Waals surface area contributed by atoms with Gasteiger partial charge in [-0.1, -0.05) is 24.3 Å². The van der Waals surface area contributed by atoms with Gasteiger partial charge in [0.2, 0.25) is 5.88 Å². The minimum atomic E-state index is 0.0868. The highest BCUT2D eigenvalue weighted by atomic mass is 16.5. The fourth-order valence-electron chi connectivity index (χ4n) is 1.89. The van der Waals surface area contributed by atoms with Crippen LogP contribution in [0.1, 0.15) is 5.69 Å². The maximum absolute atomic E-state index is 9.99. The lowest BCUT2D eigenvalue weighted by Crippen LogP contribution is -1.93. The smallest absolute Gasteiger partial charge is 0.241 e. The molecule has 3 aromatic rings. The first-order valence-corrected chi connectivity index (χ1v) is 5.91. The second-order valence-corrected chi connectivity index (χ2v) is 4.22. The number of hydrogen-bond acceptors (Lipinski definition) is 4. The second-order valence-electron chi connectivity index (χ2n) is 4.22. The summed E-state index contributed by atoms with van der Waals surface area (Å²) in [4.78, 5) is 8.20. The summed E-state index contributed by atoms with van der Waals surface area (Å²) in [6.45, 7) is 1.81. The molecule has 0 saturated heterocycles. The standard InChI is InChI=1S/C15H12N2O2/c1-10-15(17-7-6-16-10)19-14-9-12-5-3-2-4-11(12)8-13(14)18/h2-9,18H,1H3. The molecule has 4 heteroatoms. The largest absolute Gasteiger partial charge is 0.504 e. The van der Waals surface area contributed by atoms with E-state index < -0.39 is 0 Å². The fraction of sp³-hybridized carbons (Fsp3) is 0.0667. The van der Waals surface area contributed by atoms with Crippen molar-refractivity contribution in [3.8, 4) is 17.4 Å². The fourth-order valence-corrected chi connectivity index (χ4v) is 1.89. The minimum absolute atomic E-state index is 0.0868. The van der Waals surface area contributed by atoms with E-state index in [9.17, 15) is 5.11 Å². The van der Waals surface area contributed by atoms with Gasteiger partial charge in [-0.3, -0.25) is 4.98 Å². The van der Waals surface area contributed by atoms with Gasteiger partial charge in [0.05, 0.1) is 5.69 Å². The molecular formula is C15H12N2O2. The number of aryl methyl sites for hydroxylation is 1. The second kappa shape index (κ2) is 4.57. The third-order valence-corrected chi connectivity index (χ3v) is 2.87. The lowest BCUT2D eigenvalue weighted by molar-refractivity contribution is 0.400. The zero-order valence-electron chi connectivity index (χ0n) is 10.4. The molecule has 0 bridgehead atoms. The molecule has 0 aliphatic carbocycles. The summed E-state index contributed by atoms with van der Waals surface area (Å²) in [6, 6.07) is 11.2. The number of ether oxygens (including phenoxy) is 1. The Hall–Kier alpha value is -2.62. The van der Waals surface area contributed by atoms with Crippen LogP contribution in [-0.2, 0) is 0 Å². The van der Waals surface area contributed by atoms with Crippen molar-refractivity contribution in [3.63, 3.8) is 0 Å². The molecule has 0 saturated carbocycles. The lowest BCUT2D eigenvalue weighted by Gasteiger charge is -2.09. The first-order valence-electron chi connectivity index (χ1n) is 5.91.